The van der Waals surface area contributed by atoms with E-state index in [0.717, 1.165) is 30.9 Å². The normalized spacial score (nSPS) is 17.3. The molecule has 0 radical (unpaired) electrons. The van der Waals surface area contributed by atoms with Crippen LogP contribution in [0.3, 0.4) is 0 Å². The van der Waals surface area contributed by atoms with Gasteiger partial charge in [0.25, 0.3) is 5.91 Å². The molecule has 0 unspecified atom stereocenters. The smallest absolute Gasteiger partial charge is 0.270 e. The van der Waals surface area contributed by atoms with E-state index in [0.29, 0.717) is 12.2 Å². The fourth-order valence-electron chi connectivity index (χ4n) is 2.45. The minimum absolute atomic E-state index is 0.0621. The standard InChI is InChI=1S/C14H24N4OS/c1-2-3-6-18-7-4-11(5-8-18)16-14(19)12-10-20-13(9-15)17-12/h10-11H,2-9,15H2,1H3,(H,16,19). The van der Waals surface area contributed by atoms with Crippen molar-refractivity contribution in [3.8, 4) is 0 Å². The third-order valence-corrected chi connectivity index (χ3v) is 4.58. The van der Waals surface area contributed by atoms with Crippen molar-refractivity contribution in [2.75, 3.05) is 19.6 Å². The maximum atomic E-state index is 12.1. The molecule has 6 heteroatoms. The Kier molecular flexibility index (Phi) is 5.94. The molecule has 1 aliphatic heterocycles. The van der Waals surface area contributed by atoms with Crippen molar-refractivity contribution in [1.29, 1.82) is 0 Å². The molecule has 0 saturated carbocycles. The fourth-order valence-corrected chi connectivity index (χ4v) is 3.11. The van der Waals surface area contributed by atoms with Crippen molar-refractivity contribution in [3.63, 3.8) is 0 Å². The van der Waals surface area contributed by atoms with Gasteiger partial charge in [0, 0.05) is 31.1 Å². The summed E-state index contributed by atoms with van der Waals surface area (Å²) in [5.74, 6) is -0.0621. The summed E-state index contributed by atoms with van der Waals surface area (Å²) in [6.45, 7) is 5.96. The monoisotopic (exact) mass is 296 g/mol. The van der Waals surface area contributed by atoms with E-state index in [9.17, 15) is 4.79 Å². The van der Waals surface area contributed by atoms with Gasteiger partial charge < -0.3 is 16.0 Å². The molecule has 5 nitrogen and oxygen atoms in total. The van der Waals surface area contributed by atoms with Gasteiger partial charge >= 0.3 is 0 Å². The second kappa shape index (κ2) is 7.71. The number of nitrogens with two attached hydrogens (primary N) is 1. The third kappa shape index (κ3) is 4.26. The summed E-state index contributed by atoms with van der Waals surface area (Å²) in [5.41, 5.74) is 6.02. The van der Waals surface area contributed by atoms with Crippen LogP contribution >= 0.6 is 11.3 Å². The van der Waals surface area contributed by atoms with E-state index >= 15 is 0 Å². The Morgan fingerprint density at radius 1 is 1.55 bits per heavy atom. The molecule has 2 rings (SSSR count). The largest absolute Gasteiger partial charge is 0.348 e. The number of rotatable bonds is 6. The predicted molar refractivity (Wildman–Crippen MR) is 81.8 cm³/mol. The van der Waals surface area contributed by atoms with Crippen molar-refractivity contribution in [2.24, 2.45) is 5.73 Å². The molecule has 1 aromatic rings. The molecular formula is C14H24N4OS. The zero-order chi connectivity index (χ0) is 14.4. The zero-order valence-corrected chi connectivity index (χ0v) is 12.9. The Labute approximate surface area is 124 Å². The highest BCUT2D eigenvalue weighted by molar-refractivity contribution is 7.09. The molecular weight excluding hydrogens is 272 g/mol. The van der Waals surface area contributed by atoms with E-state index in [2.05, 4.69) is 22.1 Å². The van der Waals surface area contributed by atoms with E-state index < -0.39 is 0 Å². The van der Waals surface area contributed by atoms with Crippen LogP contribution < -0.4 is 11.1 Å². The van der Waals surface area contributed by atoms with Gasteiger partial charge in [-0.05, 0) is 25.8 Å². The van der Waals surface area contributed by atoms with Crippen LogP contribution in [0.25, 0.3) is 0 Å². The molecule has 0 atom stereocenters. The Morgan fingerprint density at radius 3 is 2.90 bits per heavy atom. The summed E-state index contributed by atoms with van der Waals surface area (Å²) in [6.07, 6.45) is 4.56. The summed E-state index contributed by atoms with van der Waals surface area (Å²) in [6, 6.07) is 0.281. The van der Waals surface area contributed by atoms with Crippen LogP contribution in [0, 0.1) is 0 Å². The molecule has 1 fully saturated rings. The lowest BCUT2D eigenvalue weighted by Crippen LogP contribution is -2.44. The van der Waals surface area contributed by atoms with Crippen molar-refractivity contribution in [2.45, 2.75) is 45.2 Å². The van der Waals surface area contributed by atoms with Gasteiger partial charge in [-0.2, -0.15) is 0 Å². The molecule has 1 aliphatic rings. The Balaban J connectivity index is 1.76. The molecule has 3 N–H and O–H groups in total. The number of hydrogen-bond donors (Lipinski definition) is 2. The highest BCUT2D eigenvalue weighted by Crippen LogP contribution is 2.13. The average molecular weight is 296 g/mol. The number of carbonyl (C=O) groups excluding carboxylic acids is 1. The number of hydrogen-bond acceptors (Lipinski definition) is 5. The SMILES string of the molecule is CCCCN1CCC(NC(=O)c2csc(CN)n2)CC1. The lowest BCUT2D eigenvalue weighted by atomic mass is 10.0. The van der Waals surface area contributed by atoms with Crippen LogP contribution in [0.5, 0.6) is 0 Å². The van der Waals surface area contributed by atoms with Crippen LogP contribution in [-0.4, -0.2) is 41.5 Å². The first-order valence-corrected chi connectivity index (χ1v) is 8.28. The summed E-state index contributed by atoms with van der Waals surface area (Å²) in [7, 11) is 0. The number of unbranched alkanes of at least 4 members (excludes halogenated alkanes) is 1. The molecule has 0 bridgehead atoms. The number of nitrogens with one attached hydrogen (secondary N) is 1. The maximum Gasteiger partial charge on any atom is 0.270 e. The number of amides is 1. The first kappa shape index (κ1) is 15.4. The first-order valence-electron chi connectivity index (χ1n) is 7.40. The molecule has 1 aromatic heterocycles. The topological polar surface area (TPSA) is 71.2 Å². The van der Waals surface area contributed by atoms with Crippen LogP contribution in [0.2, 0.25) is 0 Å². The molecule has 0 aromatic carbocycles. The molecule has 0 spiro atoms. The van der Waals surface area contributed by atoms with Crippen molar-refractivity contribution in [1.82, 2.24) is 15.2 Å². The Bertz CT molecular complexity index is 427. The highest BCUT2D eigenvalue weighted by atomic mass is 32.1. The number of piperidine rings is 1. The van der Waals surface area contributed by atoms with Crippen molar-refractivity contribution < 1.29 is 4.79 Å². The Hall–Kier alpha value is -0.980. The molecule has 1 amide bonds. The third-order valence-electron chi connectivity index (χ3n) is 3.71. The average Bonchev–Trinajstić information content (AvgIpc) is 2.95. The van der Waals surface area contributed by atoms with Crippen LogP contribution in [0.4, 0.5) is 0 Å². The summed E-state index contributed by atoms with van der Waals surface area (Å²) >= 11 is 1.44. The van der Waals surface area contributed by atoms with E-state index in [1.807, 2.05) is 0 Å². The summed E-state index contributed by atoms with van der Waals surface area (Å²) < 4.78 is 0. The molecule has 2 heterocycles. The van der Waals surface area contributed by atoms with E-state index in [1.54, 1.807) is 5.38 Å². The second-order valence-corrected chi connectivity index (χ2v) is 6.22. The lowest BCUT2D eigenvalue weighted by molar-refractivity contribution is 0.0906. The van der Waals surface area contributed by atoms with Gasteiger partial charge in [-0.15, -0.1) is 11.3 Å². The van der Waals surface area contributed by atoms with Crippen LogP contribution in [0.15, 0.2) is 5.38 Å². The number of thiazole rings is 1. The quantitative estimate of drug-likeness (QED) is 0.836. The lowest BCUT2D eigenvalue weighted by Gasteiger charge is -2.32. The number of likely N-dealkylation sites (tertiary alicyclic amines) is 1. The second-order valence-electron chi connectivity index (χ2n) is 5.27. The van der Waals surface area contributed by atoms with Crippen molar-refractivity contribution in [3.05, 3.63) is 16.1 Å². The Morgan fingerprint density at radius 2 is 2.30 bits per heavy atom. The van der Waals surface area contributed by atoms with Gasteiger partial charge in [-0.1, -0.05) is 13.3 Å². The maximum absolute atomic E-state index is 12.1. The van der Waals surface area contributed by atoms with E-state index in [-0.39, 0.29) is 11.9 Å². The minimum atomic E-state index is -0.0621. The summed E-state index contributed by atoms with van der Waals surface area (Å²) in [5, 5.41) is 5.68. The molecule has 0 aliphatic carbocycles. The molecule has 20 heavy (non-hydrogen) atoms. The minimum Gasteiger partial charge on any atom is -0.348 e. The van der Waals surface area contributed by atoms with E-state index in [4.69, 9.17) is 5.73 Å². The first-order chi connectivity index (χ1) is 9.72. The van der Waals surface area contributed by atoms with Gasteiger partial charge in [0.2, 0.25) is 0 Å². The number of nitrogens with zero attached hydrogens (tertiary/aromatic N) is 2. The number of aromatic nitrogens is 1. The van der Waals surface area contributed by atoms with Crippen molar-refractivity contribution >= 4 is 17.2 Å². The van der Waals surface area contributed by atoms with Gasteiger partial charge in [0.1, 0.15) is 10.7 Å². The number of carbonyl (C=O) groups is 1. The zero-order valence-electron chi connectivity index (χ0n) is 12.1. The van der Waals surface area contributed by atoms with Gasteiger partial charge in [0.15, 0.2) is 0 Å². The van der Waals surface area contributed by atoms with Gasteiger partial charge in [-0.25, -0.2) is 4.98 Å². The van der Waals surface area contributed by atoms with Gasteiger partial charge in [-0.3, -0.25) is 4.79 Å². The van der Waals surface area contributed by atoms with E-state index in [1.165, 1.54) is 30.7 Å². The highest BCUT2D eigenvalue weighted by Gasteiger charge is 2.21. The molecule has 1 saturated heterocycles. The predicted octanol–water partition coefficient (Wildman–Crippen LogP) is 1.60. The fraction of sp³-hybridized carbons (Fsp3) is 0.714. The molecule has 112 valence electrons. The van der Waals surface area contributed by atoms with Gasteiger partial charge in [0.05, 0.1) is 0 Å². The summed E-state index contributed by atoms with van der Waals surface area (Å²) in [4.78, 5) is 18.8. The van der Waals surface area contributed by atoms with Crippen LogP contribution in [0.1, 0.15) is 48.1 Å². The van der Waals surface area contributed by atoms with Crippen LogP contribution in [-0.2, 0) is 6.54 Å².